The molecular weight excluding hydrogens is 368 g/mol. The third-order valence-electron chi connectivity index (χ3n) is 4.62. The number of unbranched alkanes of at least 4 members (excludes halogenated alkanes) is 1. The fraction of sp³-hybridized carbons (Fsp3) is 0.417. The average Bonchev–Trinajstić information content (AvgIpc) is 2.89. The highest BCUT2D eigenvalue weighted by Gasteiger charge is 2.24. The maximum absolute atomic E-state index is 8.70. The van der Waals surface area contributed by atoms with Gasteiger partial charge in [0, 0.05) is 16.6 Å². The van der Waals surface area contributed by atoms with E-state index in [4.69, 9.17) is 14.6 Å². The van der Waals surface area contributed by atoms with Gasteiger partial charge in [-0.2, -0.15) is 0 Å². The molecule has 0 bridgehead atoms. The zero-order valence-corrected chi connectivity index (χ0v) is 17.8. The van der Waals surface area contributed by atoms with Gasteiger partial charge in [-0.05, 0) is 43.0 Å². The van der Waals surface area contributed by atoms with Crippen LogP contribution in [0.5, 0.6) is 5.75 Å². The molecule has 2 rings (SSSR count). The molecule has 1 aromatic rings. The predicted molar refractivity (Wildman–Crippen MR) is 119 cm³/mol. The van der Waals surface area contributed by atoms with Crippen molar-refractivity contribution in [2.75, 3.05) is 25.8 Å². The molecule has 1 aromatic carbocycles. The second-order valence-corrected chi connectivity index (χ2v) is 7.70. The Balaban J connectivity index is 2.34. The molecule has 0 amide bonds. The van der Waals surface area contributed by atoms with Gasteiger partial charge < -0.3 is 14.6 Å². The average molecular weight is 401 g/mol. The van der Waals surface area contributed by atoms with Gasteiger partial charge in [0.1, 0.15) is 19.1 Å². The zero-order chi connectivity index (χ0) is 20.2. The lowest BCUT2D eigenvalue weighted by atomic mass is 9.85. The van der Waals surface area contributed by atoms with Gasteiger partial charge in [0.15, 0.2) is 0 Å². The van der Waals surface area contributed by atoms with E-state index in [0.717, 1.165) is 24.3 Å². The quantitative estimate of drug-likeness (QED) is 0.225. The van der Waals surface area contributed by atoms with Crippen LogP contribution in [0.25, 0.3) is 0 Å². The van der Waals surface area contributed by atoms with Crippen molar-refractivity contribution >= 4 is 11.8 Å². The largest absolute Gasteiger partial charge is 0.491 e. The van der Waals surface area contributed by atoms with Gasteiger partial charge in [0.05, 0.1) is 6.61 Å². The number of allylic oxidation sites excluding steroid dienone is 6. The monoisotopic (exact) mass is 400 g/mol. The summed E-state index contributed by atoms with van der Waals surface area (Å²) >= 11 is 1.89. The van der Waals surface area contributed by atoms with Gasteiger partial charge in [-0.25, -0.2) is 0 Å². The number of benzene rings is 1. The van der Waals surface area contributed by atoms with E-state index < -0.39 is 0 Å². The van der Waals surface area contributed by atoms with Gasteiger partial charge >= 0.3 is 0 Å². The Labute approximate surface area is 173 Å². The minimum absolute atomic E-state index is 0.276. The Morgan fingerprint density at radius 2 is 2.21 bits per heavy atom. The smallest absolute Gasteiger partial charge is 0.143 e. The molecule has 0 aliphatic carbocycles. The lowest BCUT2D eigenvalue weighted by molar-refractivity contribution is -0.0126. The summed E-state index contributed by atoms with van der Waals surface area (Å²) in [5, 5.41) is 8.70. The predicted octanol–water partition coefficient (Wildman–Crippen LogP) is 6.03. The van der Waals surface area contributed by atoms with Gasteiger partial charge in [0.2, 0.25) is 0 Å². The van der Waals surface area contributed by atoms with Crippen LogP contribution in [0.4, 0.5) is 0 Å². The topological polar surface area (TPSA) is 38.7 Å². The van der Waals surface area contributed by atoms with Gasteiger partial charge in [-0.15, -0.1) is 11.8 Å². The van der Waals surface area contributed by atoms with Crippen molar-refractivity contribution in [2.45, 2.75) is 43.9 Å². The van der Waals surface area contributed by atoms with E-state index in [-0.39, 0.29) is 6.79 Å². The molecule has 0 saturated carbocycles. The van der Waals surface area contributed by atoms with Gasteiger partial charge in [-0.3, -0.25) is 0 Å². The second-order valence-electron chi connectivity index (χ2n) is 6.68. The van der Waals surface area contributed by atoms with Crippen molar-refractivity contribution in [1.29, 1.82) is 0 Å². The molecule has 3 nitrogen and oxygen atoms in total. The number of fused-ring (bicyclic) bond motifs is 1. The summed E-state index contributed by atoms with van der Waals surface area (Å²) in [6.07, 6.45) is 14.0. The fourth-order valence-electron chi connectivity index (χ4n) is 3.31. The van der Waals surface area contributed by atoms with Crippen LogP contribution in [-0.2, 0) is 4.74 Å². The van der Waals surface area contributed by atoms with Crippen LogP contribution >= 0.6 is 11.8 Å². The van der Waals surface area contributed by atoms with E-state index in [1.54, 1.807) is 0 Å². The first-order chi connectivity index (χ1) is 13.7. The third-order valence-corrected chi connectivity index (χ3v) is 5.80. The number of aliphatic hydroxyl groups is 1. The minimum atomic E-state index is -0.276. The van der Waals surface area contributed by atoms with E-state index in [9.17, 15) is 0 Å². The molecule has 0 saturated heterocycles. The molecular formula is C24H32O3S. The molecule has 0 aromatic heterocycles. The van der Waals surface area contributed by atoms with E-state index >= 15 is 0 Å². The third kappa shape index (κ3) is 6.69. The molecule has 1 aliphatic heterocycles. The summed E-state index contributed by atoms with van der Waals surface area (Å²) in [6.45, 7) is 8.71. The summed E-state index contributed by atoms with van der Waals surface area (Å²) < 4.78 is 10.7. The molecule has 0 unspecified atom stereocenters. The summed E-state index contributed by atoms with van der Waals surface area (Å²) in [5.41, 5.74) is 4.13. The maximum atomic E-state index is 8.70. The number of ether oxygens (including phenoxy) is 2. The highest BCUT2D eigenvalue weighted by Crippen LogP contribution is 2.43. The minimum Gasteiger partial charge on any atom is -0.491 e. The molecule has 4 heteroatoms. The fourth-order valence-corrected chi connectivity index (χ4v) is 4.46. The van der Waals surface area contributed by atoms with Crippen LogP contribution in [0.3, 0.4) is 0 Å². The number of hydrogen-bond donors (Lipinski definition) is 1. The Bertz CT molecular complexity index is 719. The van der Waals surface area contributed by atoms with Crippen LogP contribution in [0.2, 0.25) is 0 Å². The molecule has 1 heterocycles. The SMILES string of the molecule is C=C/C=C(\C=C/C)[C@H]1C/C(=C/CCC)CSc2cc(OCCOCO)ccc21. The van der Waals surface area contributed by atoms with Crippen molar-refractivity contribution in [3.8, 4) is 5.75 Å². The highest BCUT2D eigenvalue weighted by molar-refractivity contribution is 7.99. The highest BCUT2D eigenvalue weighted by atomic mass is 32.2. The van der Waals surface area contributed by atoms with Crippen LogP contribution in [0, 0.1) is 0 Å². The summed E-state index contributed by atoms with van der Waals surface area (Å²) in [5.74, 6) is 2.17. The molecule has 1 N–H and O–H groups in total. The first-order valence-corrected chi connectivity index (χ1v) is 10.9. The molecule has 0 spiro atoms. The molecule has 152 valence electrons. The van der Waals surface area contributed by atoms with Crippen LogP contribution < -0.4 is 4.74 Å². The first-order valence-electron chi connectivity index (χ1n) is 9.94. The lowest BCUT2D eigenvalue weighted by Gasteiger charge is -2.20. The van der Waals surface area contributed by atoms with Crippen molar-refractivity contribution < 1.29 is 14.6 Å². The van der Waals surface area contributed by atoms with Crippen LogP contribution in [-0.4, -0.2) is 30.9 Å². The van der Waals surface area contributed by atoms with E-state index in [0.29, 0.717) is 19.1 Å². The van der Waals surface area contributed by atoms with Crippen molar-refractivity contribution in [1.82, 2.24) is 0 Å². The number of thioether (sulfide) groups is 1. The summed E-state index contributed by atoms with van der Waals surface area (Å²) in [4.78, 5) is 1.27. The normalized spacial score (nSPS) is 18.9. The van der Waals surface area contributed by atoms with E-state index in [1.165, 1.54) is 28.0 Å². The molecule has 0 fully saturated rings. The van der Waals surface area contributed by atoms with Crippen molar-refractivity contribution in [3.05, 3.63) is 71.9 Å². The number of rotatable bonds is 10. The van der Waals surface area contributed by atoms with Crippen LogP contribution in [0.1, 0.15) is 44.6 Å². The summed E-state index contributed by atoms with van der Waals surface area (Å²) in [6, 6.07) is 6.36. The summed E-state index contributed by atoms with van der Waals surface area (Å²) in [7, 11) is 0. The Morgan fingerprint density at radius 3 is 2.93 bits per heavy atom. The molecule has 1 aliphatic rings. The number of hydrogen-bond acceptors (Lipinski definition) is 4. The maximum Gasteiger partial charge on any atom is 0.143 e. The van der Waals surface area contributed by atoms with Crippen molar-refractivity contribution in [3.63, 3.8) is 0 Å². The molecule has 28 heavy (non-hydrogen) atoms. The van der Waals surface area contributed by atoms with E-state index in [1.807, 2.05) is 23.9 Å². The molecule has 1 atom stereocenters. The first kappa shape index (κ1) is 22.5. The Morgan fingerprint density at radius 1 is 1.36 bits per heavy atom. The second kappa shape index (κ2) is 12.7. The Hall–Kier alpha value is -1.75. The number of aliphatic hydroxyl groups excluding tert-OH is 1. The van der Waals surface area contributed by atoms with E-state index in [2.05, 4.69) is 56.9 Å². The van der Waals surface area contributed by atoms with Gasteiger partial charge in [0.25, 0.3) is 0 Å². The molecule has 0 radical (unpaired) electrons. The Kier molecular flexibility index (Phi) is 10.2. The standard InChI is InChI=1S/C24H32O3S/c1-4-7-10-19-15-23(20(8-5-2)9-6-3)22-12-11-21(16-24(22)28-17-19)27-14-13-26-18-25/h5-6,8-12,16,23,25H,2,4,7,13-15,17-18H2,1,3H3/b9-6-,19-10-,20-8+/t23-/m1/s1. The zero-order valence-electron chi connectivity index (χ0n) is 17.0. The lowest BCUT2D eigenvalue weighted by Crippen LogP contribution is -2.07. The van der Waals surface area contributed by atoms with Crippen LogP contribution in [0.15, 0.2) is 71.2 Å². The van der Waals surface area contributed by atoms with Crippen molar-refractivity contribution in [2.24, 2.45) is 0 Å². The van der Waals surface area contributed by atoms with Gasteiger partial charge in [-0.1, -0.05) is 61.9 Å².